The van der Waals surface area contributed by atoms with Crippen LogP contribution in [-0.4, -0.2) is 33.7 Å². The van der Waals surface area contributed by atoms with Gasteiger partial charge in [0.2, 0.25) is 0 Å². The third-order valence-corrected chi connectivity index (χ3v) is 6.44. The van der Waals surface area contributed by atoms with Crippen LogP contribution in [0.25, 0.3) is 28.0 Å². The molecule has 0 aliphatic rings. The second-order valence-electron chi connectivity index (χ2n) is 7.95. The summed E-state index contributed by atoms with van der Waals surface area (Å²) in [5.74, 6) is 0.734. The van der Waals surface area contributed by atoms with Crippen molar-refractivity contribution in [3.8, 4) is 22.4 Å². The van der Waals surface area contributed by atoms with E-state index >= 15 is 0 Å². The highest BCUT2D eigenvalue weighted by molar-refractivity contribution is 9.10. The lowest BCUT2D eigenvalue weighted by Crippen LogP contribution is -2.33. The number of amides is 2. The van der Waals surface area contributed by atoms with Crippen LogP contribution in [0, 0.1) is 0 Å². The highest BCUT2D eigenvalue weighted by atomic mass is 79.9. The predicted molar refractivity (Wildman–Crippen MR) is 149 cm³/mol. The molecule has 0 aliphatic heterocycles. The van der Waals surface area contributed by atoms with E-state index in [9.17, 15) is 4.79 Å². The number of anilines is 2. The molecule has 0 fully saturated rings. The molecule has 0 spiro atoms. The molecule has 0 aliphatic carbocycles. The zero-order chi connectivity index (χ0) is 24.9. The number of para-hydroxylation sites is 1. The maximum absolute atomic E-state index is 12.6. The molecular weight excluding hydrogens is 540 g/mol. The van der Waals surface area contributed by atoms with Crippen LogP contribution in [0.1, 0.15) is 0 Å². The van der Waals surface area contributed by atoms with Gasteiger partial charge in [0, 0.05) is 35.3 Å². The first-order valence-electron chi connectivity index (χ1n) is 11.3. The van der Waals surface area contributed by atoms with E-state index in [1.165, 1.54) is 0 Å². The fourth-order valence-electron chi connectivity index (χ4n) is 3.86. The van der Waals surface area contributed by atoms with Crippen LogP contribution in [0.3, 0.4) is 0 Å². The van der Waals surface area contributed by atoms with Gasteiger partial charge in [-0.15, -0.1) is 0 Å². The van der Waals surface area contributed by atoms with E-state index in [-0.39, 0.29) is 6.03 Å². The molecular formula is C27H22BrClN6O. The lowest BCUT2D eigenvalue weighted by Gasteiger charge is -2.14. The minimum atomic E-state index is -0.279. The van der Waals surface area contributed by atoms with Gasteiger partial charge in [-0.3, -0.25) is 0 Å². The van der Waals surface area contributed by atoms with E-state index in [0.29, 0.717) is 23.8 Å². The lowest BCUT2D eigenvalue weighted by atomic mass is 10.0. The van der Waals surface area contributed by atoms with E-state index < -0.39 is 0 Å². The number of fused-ring (bicyclic) bond motifs is 1. The van der Waals surface area contributed by atoms with Crippen molar-refractivity contribution in [2.45, 2.75) is 0 Å². The molecule has 0 saturated carbocycles. The van der Waals surface area contributed by atoms with Crippen molar-refractivity contribution in [1.82, 2.24) is 19.9 Å². The van der Waals surface area contributed by atoms with Crippen molar-refractivity contribution in [2.24, 2.45) is 0 Å². The molecule has 0 bridgehead atoms. The maximum Gasteiger partial charge on any atom is 0.319 e. The maximum atomic E-state index is 12.6. The van der Waals surface area contributed by atoms with Gasteiger partial charge in [0.1, 0.15) is 5.82 Å². The largest absolute Gasteiger partial charge is 0.368 e. The average Bonchev–Trinajstić information content (AvgIpc) is 3.28. The second-order valence-corrected chi connectivity index (χ2v) is 9.22. The van der Waals surface area contributed by atoms with Gasteiger partial charge in [-0.1, -0.05) is 78.3 Å². The molecule has 0 radical (unpaired) electrons. The Morgan fingerprint density at radius 2 is 1.64 bits per heavy atom. The number of urea groups is 1. The highest BCUT2D eigenvalue weighted by Crippen LogP contribution is 2.30. The second kappa shape index (κ2) is 10.8. The number of aromatic nitrogens is 3. The minimum absolute atomic E-state index is 0.279. The van der Waals surface area contributed by atoms with Gasteiger partial charge in [0.15, 0.2) is 5.65 Å². The third-order valence-electron chi connectivity index (χ3n) is 5.56. The summed E-state index contributed by atoms with van der Waals surface area (Å²) in [6.07, 6.45) is 1.69. The summed E-state index contributed by atoms with van der Waals surface area (Å²) in [4.78, 5) is 17.3. The quantitative estimate of drug-likeness (QED) is 0.193. The smallest absolute Gasteiger partial charge is 0.319 e. The Hall–Kier alpha value is -3.88. The summed E-state index contributed by atoms with van der Waals surface area (Å²) < 4.78 is 2.48. The molecule has 2 heterocycles. The Kier molecular flexibility index (Phi) is 7.16. The Labute approximate surface area is 221 Å². The first-order valence-corrected chi connectivity index (χ1v) is 12.5. The van der Waals surface area contributed by atoms with E-state index in [2.05, 4.69) is 37.0 Å². The first kappa shape index (κ1) is 23.8. The fraction of sp³-hybridized carbons (Fsp3) is 0.0741. The van der Waals surface area contributed by atoms with Gasteiger partial charge < -0.3 is 16.0 Å². The van der Waals surface area contributed by atoms with Crippen LogP contribution in [-0.2, 0) is 0 Å². The van der Waals surface area contributed by atoms with Crippen molar-refractivity contribution < 1.29 is 4.79 Å². The fourth-order valence-corrected chi connectivity index (χ4v) is 4.44. The molecule has 7 nitrogen and oxygen atoms in total. The monoisotopic (exact) mass is 560 g/mol. The van der Waals surface area contributed by atoms with E-state index in [0.717, 1.165) is 38.4 Å². The van der Waals surface area contributed by atoms with Gasteiger partial charge in [-0.05, 0) is 33.6 Å². The van der Waals surface area contributed by atoms with Crippen molar-refractivity contribution in [1.29, 1.82) is 0 Å². The number of hydrogen-bond acceptors (Lipinski definition) is 4. The number of hydrogen-bond donors (Lipinski definition) is 3. The Bertz CT molecular complexity index is 1520. The Morgan fingerprint density at radius 1 is 0.917 bits per heavy atom. The molecule has 0 atom stereocenters. The molecule has 2 amide bonds. The molecule has 5 aromatic rings. The van der Waals surface area contributed by atoms with Crippen LogP contribution in [0.4, 0.5) is 16.3 Å². The minimum Gasteiger partial charge on any atom is -0.368 e. The summed E-state index contributed by atoms with van der Waals surface area (Å²) in [6.45, 7) is 0.874. The zero-order valence-electron chi connectivity index (χ0n) is 19.1. The number of nitrogens with zero attached hydrogens (tertiary/aromatic N) is 3. The van der Waals surface area contributed by atoms with Crippen LogP contribution < -0.4 is 16.0 Å². The normalized spacial score (nSPS) is 10.8. The topological polar surface area (TPSA) is 83.3 Å². The van der Waals surface area contributed by atoms with Crippen LogP contribution in [0.2, 0.25) is 5.02 Å². The molecule has 2 aromatic heterocycles. The number of halogens is 2. The number of carbonyl (C=O) groups is 1. The Balaban J connectivity index is 1.25. The van der Waals surface area contributed by atoms with Gasteiger partial charge in [0.25, 0.3) is 0 Å². The molecule has 5 rings (SSSR count). The van der Waals surface area contributed by atoms with Crippen LogP contribution in [0.15, 0.2) is 95.6 Å². The summed E-state index contributed by atoms with van der Waals surface area (Å²) in [5.41, 5.74) is 4.96. The van der Waals surface area contributed by atoms with Crippen molar-refractivity contribution in [3.05, 3.63) is 101 Å². The van der Waals surface area contributed by atoms with E-state index in [4.69, 9.17) is 16.6 Å². The number of nitrogens with one attached hydrogen (secondary N) is 3. The summed E-state index contributed by atoms with van der Waals surface area (Å²) in [5, 5.41) is 14.2. The third kappa shape index (κ3) is 5.19. The molecule has 3 aromatic carbocycles. The van der Waals surface area contributed by atoms with Gasteiger partial charge in [0.05, 0.1) is 22.1 Å². The number of rotatable bonds is 7. The molecule has 3 N–H and O–H groups in total. The molecule has 0 saturated heterocycles. The van der Waals surface area contributed by atoms with Gasteiger partial charge >= 0.3 is 6.03 Å². The van der Waals surface area contributed by atoms with Crippen molar-refractivity contribution >= 4 is 50.7 Å². The van der Waals surface area contributed by atoms with E-state index in [1.807, 2.05) is 84.9 Å². The van der Waals surface area contributed by atoms with Crippen LogP contribution in [0.5, 0.6) is 0 Å². The van der Waals surface area contributed by atoms with Crippen LogP contribution >= 0.6 is 27.5 Å². The summed E-state index contributed by atoms with van der Waals surface area (Å²) >= 11 is 9.91. The number of benzene rings is 3. The highest BCUT2D eigenvalue weighted by Gasteiger charge is 2.13. The SMILES string of the molecule is O=C(NCCNc1cc(-c2ccccc2Cl)nc2c(Br)cnn12)Nc1ccccc1-c1ccccc1. The summed E-state index contributed by atoms with van der Waals surface area (Å²) in [6, 6.07) is 26.9. The van der Waals surface area contributed by atoms with Crippen molar-refractivity contribution in [2.75, 3.05) is 23.7 Å². The predicted octanol–water partition coefficient (Wildman–Crippen LogP) is 6.71. The average molecular weight is 562 g/mol. The summed E-state index contributed by atoms with van der Waals surface area (Å²) in [7, 11) is 0. The van der Waals surface area contributed by atoms with Gasteiger partial charge in [-0.2, -0.15) is 9.61 Å². The van der Waals surface area contributed by atoms with Gasteiger partial charge in [-0.25, -0.2) is 9.78 Å². The number of carbonyl (C=O) groups excluding carboxylic acids is 1. The Morgan fingerprint density at radius 3 is 2.44 bits per heavy atom. The molecule has 180 valence electrons. The molecule has 36 heavy (non-hydrogen) atoms. The lowest BCUT2D eigenvalue weighted by molar-refractivity contribution is 0.252. The van der Waals surface area contributed by atoms with E-state index in [1.54, 1.807) is 10.7 Å². The standard InChI is InChI=1S/C27H22BrClN6O/c28-21-17-32-35-25(16-24(33-26(21)35)20-11-4-6-12-22(20)29)30-14-15-31-27(36)34-23-13-7-5-10-19(23)18-8-2-1-3-9-18/h1-13,16-17,30H,14-15H2,(H2,31,34,36). The molecule has 0 unspecified atom stereocenters. The first-order chi connectivity index (χ1) is 17.6. The zero-order valence-corrected chi connectivity index (χ0v) is 21.4. The molecule has 9 heteroatoms. The van der Waals surface area contributed by atoms with Crippen molar-refractivity contribution in [3.63, 3.8) is 0 Å².